The number of nitriles is 1. The van der Waals surface area contributed by atoms with E-state index in [2.05, 4.69) is 21.6 Å². The maximum Gasteiger partial charge on any atom is 0.344 e. The predicted octanol–water partition coefficient (Wildman–Crippen LogP) is 1.44. The molecule has 1 amide bonds. The van der Waals surface area contributed by atoms with Gasteiger partial charge in [0.15, 0.2) is 5.16 Å². The molecule has 0 radical (unpaired) electrons. The average Bonchev–Trinajstić information content (AvgIpc) is 3.23. The van der Waals surface area contributed by atoms with Crippen molar-refractivity contribution in [2.75, 3.05) is 0 Å². The van der Waals surface area contributed by atoms with Crippen molar-refractivity contribution in [2.45, 2.75) is 62.5 Å². The molecule has 0 spiro atoms. The van der Waals surface area contributed by atoms with Gasteiger partial charge in [0, 0.05) is 6.04 Å². The van der Waals surface area contributed by atoms with E-state index in [1.807, 2.05) is 13.8 Å². The molecule has 1 heterocycles. The maximum absolute atomic E-state index is 12.3. The van der Waals surface area contributed by atoms with Crippen molar-refractivity contribution in [3.05, 3.63) is 10.5 Å². The standard InChI is InChI=1S/C14H21N5O2S/c1-8(2)14(4,7-15)16-11(20)9(3)22-13-18-17-12(21)19(13)10-5-6-10/h8-10H,5-6H2,1-4H3,(H,16,20)(H,17,21). The first-order chi connectivity index (χ1) is 10.3. The van der Waals surface area contributed by atoms with Gasteiger partial charge in [-0.15, -0.1) is 5.10 Å². The summed E-state index contributed by atoms with van der Waals surface area (Å²) in [5.74, 6) is -0.241. The summed E-state index contributed by atoms with van der Waals surface area (Å²) in [6, 6.07) is 2.35. The lowest BCUT2D eigenvalue weighted by Gasteiger charge is -2.28. The third-order valence-electron chi connectivity index (χ3n) is 4.01. The summed E-state index contributed by atoms with van der Waals surface area (Å²) >= 11 is 1.23. The third-order valence-corrected chi connectivity index (χ3v) is 5.07. The first-order valence-electron chi connectivity index (χ1n) is 7.35. The Balaban J connectivity index is 2.06. The van der Waals surface area contributed by atoms with Crippen molar-refractivity contribution < 1.29 is 4.79 Å². The Bertz CT molecular complexity index is 655. The number of carbonyl (C=O) groups excluding carboxylic acids is 1. The van der Waals surface area contributed by atoms with Gasteiger partial charge < -0.3 is 5.32 Å². The summed E-state index contributed by atoms with van der Waals surface area (Å²) in [6.07, 6.45) is 1.93. The van der Waals surface area contributed by atoms with Gasteiger partial charge in [0.25, 0.3) is 0 Å². The molecule has 1 fully saturated rings. The summed E-state index contributed by atoms with van der Waals surface area (Å²) in [6.45, 7) is 7.23. The quantitative estimate of drug-likeness (QED) is 0.771. The lowest BCUT2D eigenvalue weighted by Crippen LogP contribution is -2.51. The van der Waals surface area contributed by atoms with Crippen LogP contribution >= 0.6 is 11.8 Å². The largest absolute Gasteiger partial charge is 0.344 e. The molecular formula is C14H21N5O2S. The first kappa shape index (κ1) is 16.6. The number of aromatic amines is 1. The van der Waals surface area contributed by atoms with Crippen LogP contribution < -0.4 is 11.0 Å². The highest BCUT2D eigenvalue weighted by Crippen LogP contribution is 2.36. The number of amides is 1. The Kier molecular flexibility index (Phi) is 4.66. The molecule has 2 unspecified atom stereocenters. The van der Waals surface area contributed by atoms with Crippen LogP contribution in [0.25, 0.3) is 0 Å². The predicted molar refractivity (Wildman–Crippen MR) is 83.4 cm³/mol. The number of hydrogen-bond acceptors (Lipinski definition) is 5. The molecule has 1 aromatic rings. The van der Waals surface area contributed by atoms with Crippen molar-refractivity contribution in [3.63, 3.8) is 0 Å². The molecule has 120 valence electrons. The number of aromatic nitrogens is 3. The highest BCUT2D eigenvalue weighted by molar-refractivity contribution is 8.00. The van der Waals surface area contributed by atoms with Crippen LogP contribution in [0.3, 0.4) is 0 Å². The molecule has 0 aromatic carbocycles. The fourth-order valence-electron chi connectivity index (χ4n) is 1.90. The van der Waals surface area contributed by atoms with Crippen LogP contribution in [0.5, 0.6) is 0 Å². The van der Waals surface area contributed by atoms with Crippen molar-refractivity contribution in [3.8, 4) is 6.07 Å². The average molecular weight is 323 g/mol. The zero-order valence-corrected chi connectivity index (χ0v) is 14.0. The molecule has 1 aliphatic carbocycles. The number of rotatable bonds is 6. The third kappa shape index (κ3) is 3.35. The van der Waals surface area contributed by atoms with E-state index in [1.165, 1.54) is 11.8 Å². The molecule has 0 bridgehead atoms. The minimum Gasteiger partial charge on any atom is -0.337 e. The van der Waals surface area contributed by atoms with Crippen molar-refractivity contribution >= 4 is 17.7 Å². The molecule has 1 aromatic heterocycles. The number of nitrogens with zero attached hydrogens (tertiary/aromatic N) is 3. The molecule has 22 heavy (non-hydrogen) atoms. The molecule has 0 aliphatic heterocycles. The van der Waals surface area contributed by atoms with Crippen molar-refractivity contribution in [1.82, 2.24) is 20.1 Å². The van der Waals surface area contributed by atoms with Crippen LogP contribution in [-0.2, 0) is 4.79 Å². The van der Waals surface area contributed by atoms with Crippen LogP contribution in [0.1, 0.15) is 46.6 Å². The lowest BCUT2D eigenvalue weighted by atomic mass is 9.90. The summed E-state index contributed by atoms with van der Waals surface area (Å²) in [5, 5.41) is 18.6. The molecule has 1 saturated carbocycles. The van der Waals surface area contributed by atoms with E-state index >= 15 is 0 Å². The number of hydrogen-bond donors (Lipinski definition) is 2. The van der Waals surface area contributed by atoms with Crippen LogP contribution in [0.15, 0.2) is 9.95 Å². The van der Waals surface area contributed by atoms with E-state index in [-0.39, 0.29) is 23.6 Å². The normalized spacial score (nSPS) is 18.5. The Hall–Kier alpha value is -1.75. The molecule has 2 atom stereocenters. The van der Waals surface area contributed by atoms with Gasteiger partial charge in [-0.05, 0) is 32.6 Å². The number of thioether (sulfide) groups is 1. The SMILES string of the molecule is CC(Sc1n[nH]c(=O)n1C1CC1)C(=O)NC(C)(C#N)C(C)C. The van der Waals surface area contributed by atoms with Gasteiger partial charge in [-0.2, -0.15) is 5.26 Å². The lowest BCUT2D eigenvalue weighted by molar-refractivity contribution is -0.121. The monoisotopic (exact) mass is 323 g/mol. The van der Waals surface area contributed by atoms with Gasteiger partial charge in [-0.1, -0.05) is 25.6 Å². The Labute approximate surface area is 133 Å². The smallest absolute Gasteiger partial charge is 0.337 e. The summed E-state index contributed by atoms with van der Waals surface area (Å²) in [5.41, 5.74) is -1.14. The molecule has 0 saturated heterocycles. The first-order valence-corrected chi connectivity index (χ1v) is 8.23. The minimum absolute atomic E-state index is 0.00585. The summed E-state index contributed by atoms with van der Waals surface area (Å²) in [7, 11) is 0. The Morgan fingerprint density at radius 3 is 2.68 bits per heavy atom. The topological polar surface area (TPSA) is 104 Å². The Morgan fingerprint density at radius 1 is 1.55 bits per heavy atom. The summed E-state index contributed by atoms with van der Waals surface area (Å²) in [4.78, 5) is 24.0. The second-order valence-electron chi connectivity index (χ2n) is 6.13. The second-order valence-corrected chi connectivity index (χ2v) is 7.44. The maximum atomic E-state index is 12.3. The van der Waals surface area contributed by atoms with Crippen molar-refractivity contribution in [1.29, 1.82) is 5.26 Å². The van der Waals surface area contributed by atoms with E-state index < -0.39 is 10.8 Å². The second kappa shape index (κ2) is 6.16. The highest BCUT2D eigenvalue weighted by atomic mass is 32.2. The molecule has 2 N–H and O–H groups in total. The van der Waals surface area contributed by atoms with E-state index in [4.69, 9.17) is 0 Å². The highest BCUT2D eigenvalue weighted by Gasteiger charge is 2.33. The van der Waals surface area contributed by atoms with Crippen LogP contribution in [0, 0.1) is 17.2 Å². The minimum atomic E-state index is -0.909. The molecule has 8 heteroatoms. The number of H-pyrrole nitrogens is 1. The zero-order valence-electron chi connectivity index (χ0n) is 13.2. The molecule has 2 rings (SSSR count). The molecular weight excluding hydrogens is 302 g/mol. The van der Waals surface area contributed by atoms with Crippen molar-refractivity contribution in [2.24, 2.45) is 5.92 Å². The van der Waals surface area contributed by atoms with Gasteiger partial charge in [-0.25, -0.2) is 9.89 Å². The van der Waals surface area contributed by atoms with Crippen LogP contribution in [-0.4, -0.2) is 31.5 Å². The van der Waals surface area contributed by atoms with E-state index in [0.29, 0.717) is 5.16 Å². The summed E-state index contributed by atoms with van der Waals surface area (Å²) < 4.78 is 1.61. The van der Waals surface area contributed by atoms with E-state index in [9.17, 15) is 14.9 Å². The zero-order chi connectivity index (χ0) is 16.5. The molecule has 7 nitrogen and oxygen atoms in total. The number of nitrogens with one attached hydrogen (secondary N) is 2. The fraction of sp³-hybridized carbons (Fsp3) is 0.714. The Morgan fingerprint density at radius 2 is 2.18 bits per heavy atom. The van der Waals surface area contributed by atoms with Crippen LogP contribution in [0.4, 0.5) is 0 Å². The number of carbonyl (C=O) groups is 1. The van der Waals surface area contributed by atoms with Gasteiger partial charge in [0.1, 0.15) is 5.54 Å². The fourth-order valence-corrected chi connectivity index (χ4v) is 2.82. The van der Waals surface area contributed by atoms with Gasteiger partial charge in [0.05, 0.1) is 11.3 Å². The van der Waals surface area contributed by atoms with E-state index in [0.717, 1.165) is 12.8 Å². The van der Waals surface area contributed by atoms with Crippen LogP contribution in [0.2, 0.25) is 0 Å². The van der Waals surface area contributed by atoms with Gasteiger partial charge >= 0.3 is 5.69 Å². The van der Waals surface area contributed by atoms with Gasteiger partial charge in [0.2, 0.25) is 5.91 Å². The van der Waals surface area contributed by atoms with Gasteiger partial charge in [-0.3, -0.25) is 9.36 Å². The van der Waals surface area contributed by atoms with E-state index in [1.54, 1.807) is 18.4 Å². The molecule has 1 aliphatic rings.